The summed E-state index contributed by atoms with van der Waals surface area (Å²) in [5, 5.41) is 0. The van der Waals surface area contributed by atoms with Crippen LogP contribution in [0.15, 0.2) is 24.3 Å². The molecule has 0 amide bonds. The van der Waals surface area contributed by atoms with Crippen molar-refractivity contribution in [3.05, 3.63) is 24.3 Å². The zero-order valence-electron chi connectivity index (χ0n) is 12.6. The van der Waals surface area contributed by atoms with E-state index in [2.05, 4.69) is 0 Å². The van der Waals surface area contributed by atoms with E-state index < -0.39 is 0 Å². The number of allylic oxidation sites excluding steroid dienone is 2. The molecule has 0 bridgehead atoms. The van der Waals surface area contributed by atoms with Gasteiger partial charge >= 0.3 is 11.9 Å². The molecule has 0 atom stereocenters. The smallest absolute Gasteiger partial charge is 0.330 e. The molecular weight excluding hydrogens is 268 g/mol. The summed E-state index contributed by atoms with van der Waals surface area (Å²) >= 11 is 0. The van der Waals surface area contributed by atoms with Crippen molar-refractivity contribution in [2.45, 2.75) is 52.4 Å². The zero-order chi connectivity index (χ0) is 15.1. The molecule has 0 N–H and O–H groups in total. The first kappa shape index (κ1) is 18.4. The van der Waals surface area contributed by atoms with Crippen LogP contribution in [0.2, 0.25) is 0 Å². The Morgan fingerprint density at radius 1 is 0.750 bits per heavy atom. The molecule has 0 fully saturated rings. The van der Waals surface area contributed by atoms with Gasteiger partial charge in [-0.2, -0.15) is 0 Å². The maximum Gasteiger partial charge on any atom is 0.330 e. The standard InChI is InChI=1S/C16H26O4/c1-3-19-15(17)13-11-9-7-5-6-8-10-12-14-16(18)20-4-2/h11-14H,3-10H2,1-2H3/b13-11+,14-12+/i5+1,6+1,7+1,8+1,9+1,10+1,11+1,12+1,13+1,14+1,15+1,16+1. The average Bonchev–Trinajstić information content (AvgIpc) is 2.41. The normalized spacial score (nSPS) is 11.1. The van der Waals surface area contributed by atoms with Crippen molar-refractivity contribution >= 4 is 11.9 Å². The van der Waals surface area contributed by atoms with E-state index in [-0.39, 0.29) is 11.9 Å². The van der Waals surface area contributed by atoms with Crippen LogP contribution in [-0.4, -0.2) is 25.2 Å². The molecule has 0 unspecified atom stereocenters. The van der Waals surface area contributed by atoms with Crippen LogP contribution in [0.1, 0.15) is 52.4 Å². The van der Waals surface area contributed by atoms with Crippen LogP contribution < -0.4 is 0 Å². The van der Waals surface area contributed by atoms with Crippen LogP contribution in [0.25, 0.3) is 0 Å². The summed E-state index contributed by atoms with van der Waals surface area (Å²) in [6.07, 6.45) is 12.9. The van der Waals surface area contributed by atoms with E-state index in [4.69, 9.17) is 9.47 Å². The predicted octanol–water partition coefficient (Wildman–Crippen LogP) is 3.57. The molecule has 4 heteroatoms. The maximum absolute atomic E-state index is 11.0. The first-order valence-corrected chi connectivity index (χ1v) is 7.37. The van der Waals surface area contributed by atoms with E-state index >= 15 is 0 Å². The summed E-state index contributed by atoms with van der Waals surface area (Å²) in [6, 6.07) is 0. The van der Waals surface area contributed by atoms with Gasteiger partial charge in [-0.3, -0.25) is 0 Å². The largest absolute Gasteiger partial charge is 0.463 e. The van der Waals surface area contributed by atoms with Gasteiger partial charge in [0.05, 0.1) is 13.2 Å². The molecule has 0 aromatic heterocycles. The maximum atomic E-state index is 11.0. The van der Waals surface area contributed by atoms with Gasteiger partial charge in [0.25, 0.3) is 0 Å². The monoisotopic (exact) mass is 294 g/mol. The summed E-state index contributed by atoms with van der Waals surface area (Å²) < 4.78 is 9.56. The lowest BCUT2D eigenvalue weighted by Crippen LogP contribution is -1.98. The minimum atomic E-state index is -0.267. The van der Waals surface area contributed by atoms with Gasteiger partial charge in [-0.1, -0.05) is 25.0 Å². The predicted molar refractivity (Wildman–Crippen MR) is 79.2 cm³/mol. The fourth-order valence-corrected chi connectivity index (χ4v) is 1.62. The third-order valence-electron chi connectivity index (χ3n) is 2.57. The summed E-state index contributed by atoms with van der Waals surface area (Å²) in [5.74, 6) is -0.534. The van der Waals surface area contributed by atoms with Crippen LogP contribution in [0, 0.1) is 0 Å². The average molecular weight is 294 g/mol. The van der Waals surface area contributed by atoms with Gasteiger partial charge in [-0.05, 0) is 39.5 Å². The third-order valence-corrected chi connectivity index (χ3v) is 2.57. The highest BCUT2D eigenvalue weighted by atomic mass is 16.6. The molecule has 0 radical (unpaired) electrons. The van der Waals surface area contributed by atoms with Crippen LogP contribution >= 0.6 is 0 Å². The summed E-state index contributed by atoms with van der Waals surface area (Å²) in [4.78, 5) is 22.0. The Kier molecular flexibility index (Phi) is 12.7. The van der Waals surface area contributed by atoms with Crippen LogP contribution in [0.5, 0.6) is 0 Å². The van der Waals surface area contributed by atoms with Crippen LogP contribution in [0.4, 0.5) is 0 Å². The molecule has 114 valence electrons. The van der Waals surface area contributed by atoms with Gasteiger partial charge in [-0.15, -0.1) is 0 Å². The van der Waals surface area contributed by atoms with Crippen molar-refractivity contribution in [3.8, 4) is 0 Å². The van der Waals surface area contributed by atoms with E-state index in [1.165, 1.54) is 12.2 Å². The van der Waals surface area contributed by atoms with Crippen molar-refractivity contribution in [1.29, 1.82) is 0 Å². The third kappa shape index (κ3) is 12.9. The first-order chi connectivity index (χ1) is 9.70. The fraction of sp³-hybridized carbons (Fsp3) is 0.625. The molecule has 20 heavy (non-hydrogen) atoms. The second kappa shape index (κ2) is 13.8. The lowest BCUT2D eigenvalue weighted by Gasteiger charge is -1.98. The van der Waals surface area contributed by atoms with Gasteiger partial charge in [0, 0.05) is 12.2 Å². The molecule has 0 aliphatic carbocycles. The Hall–Kier alpha value is -1.58. The van der Waals surface area contributed by atoms with Crippen LogP contribution in [0.3, 0.4) is 0 Å². The highest BCUT2D eigenvalue weighted by Gasteiger charge is 1.94. The molecule has 0 saturated carbocycles. The van der Waals surface area contributed by atoms with Gasteiger partial charge in [0.1, 0.15) is 0 Å². The van der Waals surface area contributed by atoms with E-state index in [9.17, 15) is 9.59 Å². The van der Waals surface area contributed by atoms with Gasteiger partial charge < -0.3 is 9.47 Å². The summed E-state index contributed by atoms with van der Waals surface area (Å²) in [6.45, 7) is 4.43. The minimum Gasteiger partial charge on any atom is -0.463 e. The van der Waals surface area contributed by atoms with Crippen molar-refractivity contribution < 1.29 is 19.1 Å². The van der Waals surface area contributed by atoms with Gasteiger partial charge in [-0.25, -0.2) is 9.59 Å². The Bertz CT molecular complexity index is 286. The van der Waals surface area contributed by atoms with Crippen molar-refractivity contribution in [1.82, 2.24) is 0 Å². The number of unbranched alkanes of at least 4 members (excludes halogenated alkanes) is 5. The van der Waals surface area contributed by atoms with E-state index in [0.717, 1.165) is 38.5 Å². The Morgan fingerprint density at radius 2 is 1.15 bits per heavy atom. The molecular formula is C16H26O4. The number of carbonyl (C=O) groups excluding carboxylic acids is 2. The molecule has 0 heterocycles. The van der Waals surface area contributed by atoms with E-state index in [0.29, 0.717) is 13.2 Å². The molecule has 0 spiro atoms. The summed E-state index contributed by atoms with van der Waals surface area (Å²) in [7, 11) is 0. The zero-order valence-corrected chi connectivity index (χ0v) is 12.6. The number of ether oxygens (including phenoxy) is 2. The van der Waals surface area contributed by atoms with Crippen LogP contribution in [-0.2, 0) is 19.1 Å². The van der Waals surface area contributed by atoms with E-state index in [1.807, 2.05) is 12.2 Å². The van der Waals surface area contributed by atoms with Gasteiger partial charge in [0.15, 0.2) is 0 Å². The van der Waals surface area contributed by atoms with Gasteiger partial charge in [0.2, 0.25) is 0 Å². The number of carbonyl (C=O) groups is 2. The molecule has 0 rings (SSSR count). The SMILES string of the molecule is CCO[13C](=O)/[13CH]=[13CH]/[13CH2][13CH2][13CH2][13CH2][13CH2][13CH2]/[13CH]=[13CH]/[13C](=O)OCC. The topological polar surface area (TPSA) is 52.6 Å². The Balaban J connectivity index is 3.37. The molecule has 0 aromatic carbocycles. The van der Waals surface area contributed by atoms with Crippen molar-refractivity contribution in [3.63, 3.8) is 0 Å². The highest BCUT2D eigenvalue weighted by Crippen LogP contribution is 2.06. The Labute approximate surface area is 121 Å². The molecule has 0 aromatic rings. The van der Waals surface area contributed by atoms with Crippen molar-refractivity contribution in [2.75, 3.05) is 13.2 Å². The fourth-order valence-electron chi connectivity index (χ4n) is 1.62. The second-order valence-corrected chi connectivity index (χ2v) is 4.30. The first-order valence-electron chi connectivity index (χ1n) is 7.37. The molecule has 0 aliphatic heterocycles. The summed E-state index contributed by atoms with van der Waals surface area (Å²) in [5.41, 5.74) is 0. The molecule has 4 nitrogen and oxygen atoms in total. The second-order valence-electron chi connectivity index (χ2n) is 4.30. The van der Waals surface area contributed by atoms with E-state index in [1.54, 1.807) is 13.8 Å². The highest BCUT2D eigenvalue weighted by molar-refractivity contribution is 5.82. The van der Waals surface area contributed by atoms with Crippen molar-refractivity contribution in [2.24, 2.45) is 0 Å². The molecule has 0 aliphatic rings. The lowest BCUT2D eigenvalue weighted by molar-refractivity contribution is -0.138. The Morgan fingerprint density at radius 3 is 1.50 bits per heavy atom. The minimum absolute atomic E-state index is 0.267. The number of esters is 2. The molecule has 0 saturated heterocycles. The number of rotatable bonds is 11. The number of hydrogen-bond acceptors (Lipinski definition) is 4. The quantitative estimate of drug-likeness (QED) is 0.253. The number of hydrogen-bond donors (Lipinski definition) is 0. The lowest BCUT2D eigenvalue weighted by atomic mass is 10.9.